The molecule has 4 aromatic carbocycles. The fourth-order valence-electron chi connectivity index (χ4n) is 7.38. The monoisotopic (exact) mass is 728 g/mol. The lowest BCUT2D eigenvalue weighted by Crippen LogP contribution is -2.54. The van der Waals surface area contributed by atoms with Crippen LogP contribution >= 0.6 is 0 Å². The SMILES string of the molecule is CC(=O)NC1(c2ccc(C(C)C)cc2COC(=O)OCc2cc(C(C)C)ccc2C2(NC(C)=O)C(=O)c3ccccc3C2=O)C(=O)c2ccccc2C1=O. The molecule has 276 valence electrons. The Labute approximate surface area is 312 Å². The minimum atomic E-state index is -2.09. The van der Waals surface area contributed by atoms with Gasteiger partial charge in [0.05, 0.1) is 0 Å². The lowest BCUT2D eigenvalue weighted by Gasteiger charge is -2.30. The summed E-state index contributed by atoms with van der Waals surface area (Å²) in [6, 6.07) is 22.8. The summed E-state index contributed by atoms with van der Waals surface area (Å²) in [5.41, 5.74) is -0.972. The number of Topliss-reactive ketones (excluding diaryl/α,β-unsaturated/α-hetero) is 4. The van der Waals surface area contributed by atoms with Crippen LogP contribution in [0.5, 0.6) is 0 Å². The van der Waals surface area contributed by atoms with E-state index in [2.05, 4.69) is 10.6 Å². The molecule has 2 aliphatic carbocycles. The first-order chi connectivity index (χ1) is 25.6. The molecule has 2 N–H and O–H groups in total. The van der Waals surface area contributed by atoms with E-state index in [4.69, 9.17) is 9.47 Å². The second-order valence-corrected chi connectivity index (χ2v) is 14.2. The van der Waals surface area contributed by atoms with Crippen molar-refractivity contribution >= 4 is 41.1 Å². The van der Waals surface area contributed by atoms with Crippen molar-refractivity contribution in [3.05, 3.63) is 141 Å². The maximum absolute atomic E-state index is 14.0. The highest BCUT2D eigenvalue weighted by atomic mass is 16.7. The van der Waals surface area contributed by atoms with E-state index in [1.807, 2.05) is 27.7 Å². The molecule has 11 heteroatoms. The highest BCUT2D eigenvalue weighted by Crippen LogP contribution is 2.42. The number of ketones is 4. The van der Waals surface area contributed by atoms with E-state index in [1.54, 1.807) is 60.7 Å². The maximum atomic E-state index is 14.0. The van der Waals surface area contributed by atoms with Crippen LogP contribution in [0.15, 0.2) is 84.9 Å². The number of fused-ring (bicyclic) bond motifs is 2. The summed E-state index contributed by atoms with van der Waals surface area (Å²) in [5, 5.41) is 5.25. The lowest BCUT2D eigenvalue weighted by molar-refractivity contribution is -0.121. The van der Waals surface area contributed by atoms with Crippen molar-refractivity contribution in [2.24, 2.45) is 0 Å². The van der Waals surface area contributed by atoms with E-state index < -0.39 is 65.4 Å². The average Bonchev–Trinajstić information content (AvgIpc) is 3.48. The Kier molecular flexibility index (Phi) is 9.94. The van der Waals surface area contributed by atoms with E-state index in [0.29, 0.717) is 11.1 Å². The molecule has 0 bridgehead atoms. The predicted octanol–water partition coefficient (Wildman–Crippen LogP) is 6.61. The molecule has 2 aliphatic rings. The van der Waals surface area contributed by atoms with Gasteiger partial charge < -0.3 is 20.1 Å². The first-order valence-electron chi connectivity index (χ1n) is 17.6. The normalized spacial score (nSPS) is 15.3. The van der Waals surface area contributed by atoms with Crippen molar-refractivity contribution in [1.82, 2.24) is 10.6 Å². The second kappa shape index (κ2) is 14.3. The molecule has 11 nitrogen and oxygen atoms in total. The molecule has 2 amide bonds. The highest BCUT2D eigenvalue weighted by molar-refractivity contribution is 6.34. The van der Waals surface area contributed by atoms with E-state index in [-0.39, 0.29) is 45.2 Å². The van der Waals surface area contributed by atoms with Crippen molar-refractivity contribution in [2.75, 3.05) is 0 Å². The van der Waals surface area contributed by atoms with Crippen molar-refractivity contribution in [2.45, 2.75) is 77.7 Å². The Hall–Kier alpha value is -6.23. The number of nitrogens with one attached hydrogen (secondary N) is 2. The molecule has 0 spiro atoms. The van der Waals surface area contributed by atoms with Crippen LogP contribution in [-0.4, -0.2) is 41.1 Å². The number of rotatable bonds is 10. The summed E-state index contributed by atoms with van der Waals surface area (Å²) in [6.07, 6.45) is -1.13. The minimum Gasteiger partial charge on any atom is -0.429 e. The molecule has 0 radical (unpaired) electrons. The number of hydrogen-bond donors (Lipinski definition) is 2. The number of ether oxygens (including phenoxy) is 2. The summed E-state index contributed by atoms with van der Waals surface area (Å²) in [7, 11) is 0. The van der Waals surface area contributed by atoms with Gasteiger partial charge in [-0.2, -0.15) is 0 Å². The first-order valence-corrected chi connectivity index (χ1v) is 17.6. The fraction of sp³-hybridized carbons (Fsp3) is 0.279. The Morgan fingerprint density at radius 3 is 1.13 bits per heavy atom. The van der Waals surface area contributed by atoms with Crippen molar-refractivity contribution < 1.29 is 43.0 Å². The van der Waals surface area contributed by atoms with Gasteiger partial charge in [0.25, 0.3) is 0 Å². The van der Waals surface area contributed by atoms with Crippen molar-refractivity contribution in [3.63, 3.8) is 0 Å². The third-order valence-corrected chi connectivity index (χ3v) is 10.0. The summed E-state index contributed by atoms with van der Waals surface area (Å²) >= 11 is 0. The molecule has 0 unspecified atom stereocenters. The van der Waals surface area contributed by atoms with Gasteiger partial charge in [-0.25, -0.2) is 4.79 Å². The minimum absolute atomic E-state index is 0.0170. The van der Waals surface area contributed by atoms with E-state index in [0.717, 1.165) is 11.1 Å². The van der Waals surface area contributed by atoms with Gasteiger partial charge in [-0.15, -0.1) is 0 Å². The smallest absolute Gasteiger partial charge is 0.429 e. The summed E-state index contributed by atoms with van der Waals surface area (Å²) in [5.74, 6) is -3.62. The Bertz CT molecular complexity index is 2040. The molecule has 0 aromatic heterocycles. The van der Waals surface area contributed by atoms with Crippen LogP contribution in [0.4, 0.5) is 4.79 Å². The van der Waals surface area contributed by atoms with Gasteiger partial charge in [-0.3, -0.25) is 28.8 Å². The zero-order valence-electron chi connectivity index (χ0n) is 30.8. The molecule has 0 fully saturated rings. The molecule has 0 saturated heterocycles. The number of carbonyl (C=O) groups excluding carboxylic acids is 7. The predicted molar refractivity (Wildman–Crippen MR) is 197 cm³/mol. The number of hydrogen-bond acceptors (Lipinski definition) is 9. The molecule has 6 rings (SSSR count). The van der Waals surface area contributed by atoms with Gasteiger partial charge in [0.1, 0.15) is 13.2 Å². The fourth-order valence-corrected chi connectivity index (χ4v) is 7.38. The second-order valence-electron chi connectivity index (χ2n) is 14.2. The van der Waals surface area contributed by atoms with E-state index >= 15 is 0 Å². The molecule has 54 heavy (non-hydrogen) atoms. The Balaban J connectivity index is 1.33. The molecule has 4 aromatic rings. The molecular weight excluding hydrogens is 688 g/mol. The van der Waals surface area contributed by atoms with Crippen molar-refractivity contribution in [3.8, 4) is 0 Å². The number of amides is 2. The van der Waals surface area contributed by atoms with Crippen LogP contribution in [0, 0.1) is 0 Å². The third kappa shape index (κ3) is 6.19. The van der Waals surface area contributed by atoms with Crippen LogP contribution in [0.1, 0.15) is 128 Å². The van der Waals surface area contributed by atoms with Gasteiger partial charge in [0, 0.05) is 36.1 Å². The number of carbonyl (C=O) groups is 7. The molecule has 0 atom stereocenters. The first kappa shape index (κ1) is 37.5. The topological polar surface area (TPSA) is 162 Å². The maximum Gasteiger partial charge on any atom is 0.508 e. The van der Waals surface area contributed by atoms with Crippen LogP contribution in [0.25, 0.3) is 0 Å². The quantitative estimate of drug-likeness (QED) is 0.135. The summed E-state index contributed by atoms with van der Waals surface area (Å²) in [6.45, 7) is 9.36. The van der Waals surface area contributed by atoms with Crippen LogP contribution in [-0.2, 0) is 43.4 Å². The van der Waals surface area contributed by atoms with Gasteiger partial charge in [0.2, 0.25) is 34.9 Å². The van der Waals surface area contributed by atoms with Gasteiger partial charge >= 0.3 is 6.16 Å². The zero-order chi connectivity index (χ0) is 39.1. The standard InChI is InChI=1S/C43H40N2O9/c1-23(2)27-15-17-35(42(44-25(5)46)37(48)31-11-7-8-12-32(31)38(42)49)29(19-27)21-53-41(52)54-22-30-20-28(24(3)4)16-18-36(30)43(45-26(6)47)39(50)33-13-9-10-14-34(33)40(43)51/h7-20,23-24H,21-22H2,1-6H3,(H,44,46)(H,45,47). The van der Waals surface area contributed by atoms with Crippen LogP contribution in [0.3, 0.4) is 0 Å². The van der Waals surface area contributed by atoms with Crippen molar-refractivity contribution in [1.29, 1.82) is 0 Å². The van der Waals surface area contributed by atoms with Gasteiger partial charge in [-0.1, -0.05) is 113 Å². The summed E-state index contributed by atoms with van der Waals surface area (Å²) < 4.78 is 11.2. The third-order valence-electron chi connectivity index (χ3n) is 10.0. The van der Waals surface area contributed by atoms with Crippen LogP contribution in [0.2, 0.25) is 0 Å². The average molecular weight is 729 g/mol. The highest BCUT2D eigenvalue weighted by Gasteiger charge is 2.57. The molecule has 0 saturated carbocycles. The Morgan fingerprint density at radius 1 is 0.537 bits per heavy atom. The van der Waals surface area contributed by atoms with Gasteiger partial charge in [0.15, 0.2) is 11.1 Å². The van der Waals surface area contributed by atoms with Gasteiger partial charge in [-0.05, 0) is 45.2 Å². The molecule has 0 heterocycles. The number of benzene rings is 4. The lowest BCUT2D eigenvalue weighted by atomic mass is 9.80. The zero-order valence-corrected chi connectivity index (χ0v) is 30.8. The van der Waals surface area contributed by atoms with E-state index in [1.165, 1.54) is 38.1 Å². The molecular formula is C43H40N2O9. The summed E-state index contributed by atoms with van der Waals surface area (Å²) in [4.78, 5) is 94.6. The molecule has 0 aliphatic heterocycles. The van der Waals surface area contributed by atoms with Crippen LogP contribution < -0.4 is 10.6 Å². The Morgan fingerprint density at radius 2 is 0.852 bits per heavy atom. The van der Waals surface area contributed by atoms with E-state index in [9.17, 15) is 33.6 Å². The largest absolute Gasteiger partial charge is 0.508 e.